The summed E-state index contributed by atoms with van der Waals surface area (Å²) in [7, 11) is 0. The Hall–Kier alpha value is -1.42. The zero-order chi connectivity index (χ0) is 13.8. The van der Waals surface area contributed by atoms with E-state index < -0.39 is 0 Å². The molecule has 3 nitrogen and oxygen atoms in total. The Morgan fingerprint density at radius 3 is 2.68 bits per heavy atom. The molecule has 1 fully saturated rings. The molecule has 0 radical (unpaired) electrons. The quantitative estimate of drug-likeness (QED) is 0.910. The molecule has 1 heterocycles. The van der Waals surface area contributed by atoms with Gasteiger partial charge in [-0.2, -0.15) is 0 Å². The van der Waals surface area contributed by atoms with Crippen molar-refractivity contribution < 1.29 is 9.18 Å². The van der Waals surface area contributed by atoms with Crippen molar-refractivity contribution in [2.45, 2.75) is 38.1 Å². The molecule has 1 saturated heterocycles. The number of halogens is 1. The number of nitrogens with zero attached hydrogens (tertiary/aromatic N) is 1. The maximum atomic E-state index is 13.6. The lowest BCUT2D eigenvalue weighted by atomic mass is 9.96. The van der Waals surface area contributed by atoms with E-state index in [1.54, 1.807) is 18.2 Å². The van der Waals surface area contributed by atoms with Crippen molar-refractivity contribution >= 4 is 5.91 Å². The van der Waals surface area contributed by atoms with Gasteiger partial charge < -0.3 is 10.6 Å². The van der Waals surface area contributed by atoms with E-state index in [1.807, 2.05) is 11.8 Å². The normalized spacial score (nSPS) is 18.4. The van der Waals surface area contributed by atoms with Crippen LogP contribution in [0.25, 0.3) is 0 Å². The molecule has 0 bridgehead atoms. The second kappa shape index (κ2) is 6.15. The number of likely N-dealkylation sites (tertiary alicyclic amines) is 1. The van der Waals surface area contributed by atoms with Crippen LogP contribution in [0, 0.1) is 5.82 Å². The summed E-state index contributed by atoms with van der Waals surface area (Å²) in [5.41, 5.74) is 6.44. The Labute approximate surface area is 113 Å². The fourth-order valence-electron chi connectivity index (χ4n) is 2.52. The van der Waals surface area contributed by atoms with Gasteiger partial charge in [-0.1, -0.05) is 25.1 Å². The summed E-state index contributed by atoms with van der Waals surface area (Å²) in [6, 6.07) is 6.88. The predicted octanol–water partition coefficient (Wildman–Crippen LogP) is 2.27. The third kappa shape index (κ3) is 3.53. The number of nitrogens with two attached hydrogens (primary N) is 1. The van der Waals surface area contributed by atoms with Gasteiger partial charge in [0.05, 0.1) is 0 Å². The minimum atomic E-state index is -0.233. The molecule has 1 atom stereocenters. The highest BCUT2D eigenvalue weighted by Crippen LogP contribution is 2.23. The second-order valence-electron chi connectivity index (χ2n) is 5.34. The Kier molecular flexibility index (Phi) is 4.53. The van der Waals surface area contributed by atoms with Crippen LogP contribution < -0.4 is 5.73 Å². The first-order valence-corrected chi connectivity index (χ1v) is 6.85. The Bertz CT molecular complexity index is 442. The van der Waals surface area contributed by atoms with Crippen molar-refractivity contribution in [3.05, 3.63) is 35.6 Å². The second-order valence-corrected chi connectivity index (χ2v) is 5.34. The first-order valence-electron chi connectivity index (χ1n) is 6.85. The first kappa shape index (κ1) is 14.0. The van der Waals surface area contributed by atoms with E-state index in [0.717, 1.165) is 25.9 Å². The fourth-order valence-corrected chi connectivity index (χ4v) is 2.52. The van der Waals surface area contributed by atoms with Gasteiger partial charge >= 0.3 is 0 Å². The number of rotatable bonds is 3. The lowest BCUT2D eigenvalue weighted by Gasteiger charge is -2.31. The SMILES string of the molecule is CC(CC(=O)N1CCC(N)CC1)c1ccccc1F. The number of carbonyl (C=O) groups is 1. The highest BCUT2D eigenvalue weighted by Gasteiger charge is 2.23. The molecule has 1 aliphatic heterocycles. The van der Waals surface area contributed by atoms with Crippen molar-refractivity contribution in [2.75, 3.05) is 13.1 Å². The molecule has 1 aliphatic rings. The van der Waals surface area contributed by atoms with Crippen LogP contribution in [0.4, 0.5) is 4.39 Å². The zero-order valence-electron chi connectivity index (χ0n) is 11.3. The Balaban J connectivity index is 1.94. The van der Waals surface area contributed by atoms with Gasteiger partial charge in [-0.15, -0.1) is 0 Å². The van der Waals surface area contributed by atoms with E-state index in [0.29, 0.717) is 12.0 Å². The summed E-state index contributed by atoms with van der Waals surface area (Å²) in [5.74, 6) is -0.226. The molecular formula is C15H21FN2O. The molecule has 19 heavy (non-hydrogen) atoms. The van der Waals surface area contributed by atoms with Gasteiger partial charge in [-0.05, 0) is 30.4 Å². The Morgan fingerprint density at radius 2 is 2.05 bits per heavy atom. The molecule has 0 aliphatic carbocycles. The van der Waals surface area contributed by atoms with Crippen LogP contribution in [0.15, 0.2) is 24.3 Å². The maximum absolute atomic E-state index is 13.6. The van der Waals surface area contributed by atoms with Crippen LogP contribution in [-0.4, -0.2) is 29.9 Å². The summed E-state index contributed by atoms with van der Waals surface area (Å²) < 4.78 is 13.6. The molecule has 0 saturated carbocycles. The van der Waals surface area contributed by atoms with Crippen molar-refractivity contribution in [1.82, 2.24) is 4.90 Å². The number of hydrogen-bond donors (Lipinski definition) is 1. The van der Waals surface area contributed by atoms with Crippen molar-refractivity contribution in [3.8, 4) is 0 Å². The van der Waals surface area contributed by atoms with E-state index >= 15 is 0 Å². The highest BCUT2D eigenvalue weighted by atomic mass is 19.1. The van der Waals surface area contributed by atoms with Gasteiger partial charge in [0.2, 0.25) is 5.91 Å². The van der Waals surface area contributed by atoms with Crippen LogP contribution in [0.1, 0.15) is 37.7 Å². The maximum Gasteiger partial charge on any atom is 0.223 e. The molecular weight excluding hydrogens is 243 g/mol. The predicted molar refractivity (Wildman–Crippen MR) is 73.2 cm³/mol. The lowest BCUT2D eigenvalue weighted by molar-refractivity contribution is -0.132. The largest absolute Gasteiger partial charge is 0.343 e. The number of amides is 1. The molecule has 4 heteroatoms. The van der Waals surface area contributed by atoms with E-state index in [2.05, 4.69) is 0 Å². The molecule has 0 aromatic heterocycles. The summed E-state index contributed by atoms with van der Waals surface area (Å²) >= 11 is 0. The smallest absolute Gasteiger partial charge is 0.223 e. The molecule has 2 rings (SSSR count). The fraction of sp³-hybridized carbons (Fsp3) is 0.533. The highest BCUT2D eigenvalue weighted by molar-refractivity contribution is 5.77. The van der Waals surface area contributed by atoms with E-state index in [-0.39, 0.29) is 23.7 Å². The molecule has 104 valence electrons. The third-order valence-electron chi connectivity index (χ3n) is 3.81. The number of benzene rings is 1. The van der Waals surface area contributed by atoms with Gasteiger partial charge in [0.15, 0.2) is 0 Å². The van der Waals surface area contributed by atoms with E-state index in [9.17, 15) is 9.18 Å². The summed E-state index contributed by atoms with van der Waals surface area (Å²) in [6.07, 6.45) is 2.08. The molecule has 1 aromatic carbocycles. The van der Waals surface area contributed by atoms with Crippen molar-refractivity contribution in [3.63, 3.8) is 0 Å². The van der Waals surface area contributed by atoms with E-state index in [4.69, 9.17) is 5.73 Å². The van der Waals surface area contributed by atoms with Gasteiger partial charge in [0.25, 0.3) is 0 Å². The molecule has 1 amide bonds. The Morgan fingerprint density at radius 1 is 1.42 bits per heavy atom. The van der Waals surface area contributed by atoms with Gasteiger partial charge in [0, 0.05) is 25.6 Å². The lowest BCUT2D eigenvalue weighted by Crippen LogP contribution is -2.43. The van der Waals surface area contributed by atoms with Gasteiger partial charge in [-0.3, -0.25) is 4.79 Å². The zero-order valence-corrected chi connectivity index (χ0v) is 11.3. The number of hydrogen-bond acceptors (Lipinski definition) is 2. The van der Waals surface area contributed by atoms with Crippen molar-refractivity contribution in [1.29, 1.82) is 0 Å². The summed E-state index contributed by atoms with van der Waals surface area (Å²) in [6.45, 7) is 3.35. The van der Waals surface area contributed by atoms with Crippen LogP contribution in [0.2, 0.25) is 0 Å². The van der Waals surface area contributed by atoms with Crippen LogP contribution in [0.5, 0.6) is 0 Å². The monoisotopic (exact) mass is 264 g/mol. The summed E-state index contributed by atoms with van der Waals surface area (Å²) in [4.78, 5) is 14.0. The number of piperidine rings is 1. The molecule has 1 aromatic rings. The van der Waals surface area contributed by atoms with Crippen LogP contribution >= 0.6 is 0 Å². The molecule has 0 spiro atoms. The van der Waals surface area contributed by atoms with Crippen LogP contribution in [-0.2, 0) is 4.79 Å². The minimum Gasteiger partial charge on any atom is -0.343 e. The third-order valence-corrected chi connectivity index (χ3v) is 3.81. The summed E-state index contributed by atoms with van der Waals surface area (Å²) in [5, 5.41) is 0. The topological polar surface area (TPSA) is 46.3 Å². The molecule has 2 N–H and O–H groups in total. The van der Waals surface area contributed by atoms with E-state index in [1.165, 1.54) is 6.07 Å². The average Bonchev–Trinajstić information content (AvgIpc) is 2.39. The molecule has 1 unspecified atom stereocenters. The number of carbonyl (C=O) groups excluding carboxylic acids is 1. The standard InChI is InChI=1S/C15H21FN2O/c1-11(13-4-2-3-5-14(13)16)10-15(19)18-8-6-12(17)7-9-18/h2-5,11-12H,6-10,17H2,1H3. The first-order chi connectivity index (χ1) is 9.08. The minimum absolute atomic E-state index is 0.0932. The van der Waals surface area contributed by atoms with Gasteiger partial charge in [-0.25, -0.2) is 4.39 Å². The van der Waals surface area contributed by atoms with Crippen LogP contribution in [0.3, 0.4) is 0 Å². The van der Waals surface area contributed by atoms with Crippen molar-refractivity contribution in [2.24, 2.45) is 5.73 Å². The van der Waals surface area contributed by atoms with Gasteiger partial charge in [0.1, 0.15) is 5.82 Å². The average molecular weight is 264 g/mol.